The number of hydrogen-bond acceptors (Lipinski definition) is 4. The Kier molecular flexibility index (Phi) is 6.87. The molecule has 5 nitrogen and oxygen atoms in total. The Bertz CT molecular complexity index is 1270. The molecule has 0 N–H and O–H groups in total. The standard InChI is InChI=1S/C31H35N3O2S/c1-22-8-5-6-11-24(22)30-25-13-19-37-28(25)12-16-34(30)21-29(35)32-14-7-15-33(18-17-32)31(36)27-20-26(27)23-9-3-2-4-10-23/h2-6,8-11,13,19,26-27,30H,7,12,14-18,20-21H2,1H3/t26-,27+,30+/m0/s1. The summed E-state index contributed by atoms with van der Waals surface area (Å²) in [5.74, 6) is 0.908. The Hall–Kier alpha value is -2.96. The van der Waals surface area contributed by atoms with Gasteiger partial charge in [-0.25, -0.2) is 0 Å². The molecule has 0 unspecified atom stereocenters. The Morgan fingerprint density at radius 2 is 1.62 bits per heavy atom. The summed E-state index contributed by atoms with van der Waals surface area (Å²) in [5, 5.41) is 2.18. The van der Waals surface area contributed by atoms with Gasteiger partial charge in [0, 0.05) is 43.5 Å². The second-order valence-electron chi connectivity index (χ2n) is 10.7. The maximum Gasteiger partial charge on any atom is 0.236 e. The molecule has 3 atom stereocenters. The first-order valence-corrected chi connectivity index (χ1v) is 14.5. The molecule has 2 fully saturated rings. The molecule has 6 heteroatoms. The third-order valence-corrected chi connectivity index (χ3v) is 9.38. The highest BCUT2D eigenvalue weighted by Gasteiger charge is 2.45. The van der Waals surface area contributed by atoms with Gasteiger partial charge in [0.15, 0.2) is 0 Å². The summed E-state index contributed by atoms with van der Waals surface area (Å²) in [6.45, 7) is 6.20. The first kappa shape index (κ1) is 24.4. The van der Waals surface area contributed by atoms with E-state index < -0.39 is 0 Å². The lowest BCUT2D eigenvalue weighted by Crippen LogP contribution is -2.45. The van der Waals surface area contributed by atoms with Crippen LogP contribution in [0.4, 0.5) is 0 Å². The fourth-order valence-electron chi connectivity index (χ4n) is 6.23. The van der Waals surface area contributed by atoms with Crippen LogP contribution in [0.15, 0.2) is 66.0 Å². The van der Waals surface area contributed by atoms with Gasteiger partial charge >= 0.3 is 0 Å². The van der Waals surface area contributed by atoms with Crippen LogP contribution in [0, 0.1) is 12.8 Å². The zero-order valence-corrected chi connectivity index (χ0v) is 22.3. The highest BCUT2D eigenvalue weighted by molar-refractivity contribution is 7.10. The van der Waals surface area contributed by atoms with E-state index in [0.717, 1.165) is 38.9 Å². The van der Waals surface area contributed by atoms with E-state index in [2.05, 4.69) is 71.8 Å². The average molecular weight is 514 g/mol. The van der Waals surface area contributed by atoms with E-state index in [-0.39, 0.29) is 23.8 Å². The summed E-state index contributed by atoms with van der Waals surface area (Å²) in [4.78, 5) is 34.6. The summed E-state index contributed by atoms with van der Waals surface area (Å²) in [6, 6.07) is 21.3. The van der Waals surface area contributed by atoms with Crippen molar-refractivity contribution in [1.82, 2.24) is 14.7 Å². The molecule has 37 heavy (non-hydrogen) atoms. The fourth-order valence-corrected chi connectivity index (χ4v) is 7.13. The van der Waals surface area contributed by atoms with E-state index in [1.807, 2.05) is 27.2 Å². The van der Waals surface area contributed by atoms with Gasteiger partial charge in [0.25, 0.3) is 0 Å². The van der Waals surface area contributed by atoms with Gasteiger partial charge in [0.05, 0.1) is 12.6 Å². The fraction of sp³-hybridized carbons (Fsp3) is 0.419. The SMILES string of the molecule is Cc1ccccc1[C@@H]1c2ccsc2CCN1CC(=O)N1CCCN(C(=O)[C@@H]2C[C@H]2c2ccccc2)CC1. The number of amides is 2. The molecule has 0 bridgehead atoms. The molecule has 1 aromatic heterocycles. The molecule has 1 aliphatic carbocycles. The van der Waals surface area contributed by atoms with Crippen LogP contribution in [0.25, 0.3) is 0 Å². The third-order valence-electron chi connectivity index (χ3n) is 8.38. The van der Waals surface area contributed by atoms with Gasteiger partial charge in [0.1, 0.15) is 0 Å². The summed E-state index contributed by atoms with van der Waals surface area (Å²) in [5.41, 5.74) is 5.18. The highest BCUT2D eigenvalue weighted by Crippen LogP contribution is 2.48. The Balaban J connectivity index is 1.10. The van der Waals surface area contributed by atoms with E-state index in [9.17, 15) is 9.59 Å². The molecule has 2 aliphatic heterocycles. The molecule has 2 amide bonds. The van der Waals surface area contributed by atoms with Gasteiger partial charge in [-0.05, 0) is 65.8 Å². The topological polar surface area (TPSA) is 43.9 Å². The van der Waals surface area contributed by atoms with Gasteiger partial charge in [-0.2, -0.15) is 0 Å². The minimum atomic E-state index is 0.104. The lowest BCUT2D eigenvalue weighted by Gasteiger charge is -2.37. The molecule has 3 heterocycles. The van der Waals surface area contributed by atoms with Crippen molar-refractivity contribution in [3.05, 3.63) is 93.2 Å². The lowest BCUT2D eigenvalue weighted by atomic mass is 9.90. The minimum Gasteiger partial charge on any atom is -0.341 e. The molecule has 6 rings (SSSR count). The lowest BCUT2D eigenvalue weighted by molar-refractivity contribution is -0.135. The van der Waals surface area contributed by atoms with E-state index in [1.54, 1.807) is 0 Å². The number of carbonyl (C=O) groups is 2. The van der Waals surface area contributed by atoms with Crippen LogP contribution in [-0.4, -0.2) is 65.8 Å². The van der Waals surface area contributed by atoms with E-state index in [1.165, 1.54) is 27.1 Å². The molecule has 2 aromatic carbocycles. The van der Waals surface area contributed by atoms with Crippen molar-refractivity contribution in [1.29, 1.82) is 0 Å². The smallest absolute Gasteiger partial charge is 0.236 e. The van der Waals surface area contributed by atoms with Gasteiger partial charge in [-0.1, -0.05) is 54.6 Å². The van der Waals surface area contributed by atoms with Gasteiger partial charge in [0.2, 0.25) is 11.8 Å². The maximum absolute atomic E-state index is 13.6. The molecule has 3 aliphatic rings. The van der Waals surface area contributed by atoms with Crippen LogP contribution >= 0.6 is 11.3 Å². The quantitative estimate of drug-likeness (QED) is 0.489. The van der Waals surface area contributed by atoms with Crippen molar-refractivity contribution in [2.75, 3.05) is 39.3 Å². The van der Waals surface area contributed by atoms with Crippen LogP contribution in [0.5, 0.6) is 0 Å². The molecule has 0 spiro atoms. The van der Waals surface area contributed by atoms with E-state index in [0.29, 0.717) is 25.6 Å². The normalized spacial score (nSPS) is 23.9. The van der Waals surface area contributed by atoms with Crippen molar-refractivity contribution < 1.29 is 9.59 Å². The zero-order valence-electron chi connectivity index (χ0n) is 21.5. The number of nitrogens with zero attached hydrogens (tertiary/aromatic N) is 3. The van der Waals surface area contributed by atoms with Gasteiger partial charge in [-0.3, -0.25) is 14.5 Å². The molecule has 0 radical (unpaired) electrons. The Morgan fingerprint density at radius 1 is 0.865 bits per heavy atom. The first-order valence-electron chi connectivity index (χ1n) is 13.6. The van der Waals surface area contributed by atoms with Crippen LogP contribution in [0.3, 0.4) is 0 Å². The van der Waals surface area contributed by atoms with Crippen molar-refractivity contribution >= 4 is 23.2 Å². The van der Waals surface area contributed by atoms with Crippen LogP contribution in [0.1, 0.15) is 51.9 Å². The summed E-state index contributed by atoms with van der Waals surface area (Å²) in [7, 11) is 0. The second-order valence-corrected chi connectivity index (χ2v) is 11.7. The van der Waals surface area contributed by atoms with Crippen molar-refractivity contribution in [2.45, 2.75) is 38.1 Å². The van der Waals surface area contributed by atoms with E-state index in [4.69, 9.17) is 0 Å². The molecular weight excluding hydrogens is 478 g/mol. The maximum atomic E-state index is 13.6. The molecule has 192 valence electrons. The average Bonchev–Trinajstić information content (AvgIpc) is 3.65. The second kappa shape index (κ2) is 10.4. The third kappa shape index (κ3) is 4.97. The van der Waals surface area contributed by atoms with Crippen molar-refractivity contribution in [3.63, 3.8) is 0 Å². The Labute approximate surface area is 223 Å². The van der Waals surface area contributed by atoms with E-state index >= 15 is 0 Å². The predicted octanol–water partition coefficient (Wildman–Crippen LogP) is 4.87. The number of fused-ring (bicyclic) bond motifs is 1. The van der Waals surface area contributed by atoms with Crippen LogP contribution < -0.4 is 0 Å². The summed E-state index contributed by atoms with van der Waals surface area (Å²) < 4.78 is 0. The van der Waals surface area contributed by atoms with Crippen molar-refractivity contribution in [2.24, 2.45) is 5.92 Å². The molecular formula is C31H35N3O2S. The van der Waals surface area contributed by atoms with Gasteiger partial charge in [-0.15, -0.1) is 11.3 Å². The molecule has 1 saturated carbocycles. The highest BCUT2D eigenvalue weighted by atomic mass is 32.1. The Morgan fingerprint density at radius 3 is 2.46 bits per heavy atom. The predicted molar refractivity (Wildman–Crippen MR) is 148 cm³/mol. The van der Waals surface area contributed by atoms with Crippen molar-refractivity contribution in [3.8, 4) is 0 Å². The summed E-state index contributed by atoms with van der Waals surface area (Å²) >= 11 is 1.83. The molecule has 1 saturated heterocycles. The number of hydrogen-bond donors (Lipinski definition) is 0. The zero-order chi connectivity index (χ0) is 25.4. The first-order chi connectivity index (χ1) is 18.1. The van der Waals surface area contributed by atoms with Crippen LogP contribution in [-0.2, 0) is 16.0 Å². The summed E-state index contributed by atoms with van der Waals surface area (Å²) in [6.07, 6.45) is 2.78. The van der Waals surface area contributed by atoms with Gasteiger partial charge < -0.3 is 9.80 Å². The number of carbonyl (C=O) groups excluding carboxylic acids is 2. The number of rotatable bonds is 5. The number of aryl methyl sites for hydroxylation is 1. The number of benzene rings is 2. The van der Waals surface area contributed by atoms with Crippen LogP contribution in [0.2, 0.25) is 0 Å². The molecule has 3 aromatic rings. The number of thiophene rings is 1. The monoisotopic (exact) mass is 513 g/mol. The minimum absolute atomic E-state index is 0.104. The largest absolute Gasteiger partial charge is 0.341 e.